The van der Waals surface area contributed by atoms with Crippen molar-refractivity contribution in [1.82, 2.24) is 5.16 Å². The second-order valence-corrected chi connectivity index (χ2v) is 3.12. The highest BCUT2D eigenvalue weighted by molar-refractivity contribution is 6.50. The van der Waals surface area contributed by atoms with Gasteiger partial charge in [0.2, 0.25) is 11.5 Å². The van der Waals surface area contributed by atoms with Crippen LogP contribution in [0.15, 0.2) is 46.3 Å². The van der Waals surface area contributed by atoms with E-state index in [1.807, 2.05) is 0 Å². The van der Waals surface area contributed by atoms with Crippen LogP contribution in [-0.2, 0) is 0 Å². The lowest BCUT2D eigenvalue weighted by Gasteiger charge is -1.97. The minimum Gasteiger partial charge on any atom is -0.410 e. The Kier molecular flexibility index (Phi) is 2.82. The zero-order valence-electron chi connectivity index (χ0n) is 8.48. The Morgan fingerprint density at radius 3 is 2.65 bits per heavy atom. The molecule has 0 fully saturated rings. The summed E-state index contributed by atoms with van der Waals surface area (Å²) in [7, 11) is 0. The molecule has 0 aliphatic carbocycles. The zero-order chi connectivity index (χ0) is 12.3. The van der Waals surface area contributed by atoms with E-state index in [4.69, 9.17) is 5.21 Å². The van der Waals surface area contributed by atoms with E-state index in [9.17, 15) is 10.0 Å². The molecule has 0 bridgehead atoms. The monoisotopic (exact) mass is 233 g/mol. The number of ketones is 1. The molecule has 0 saturated carbocycles. The van der Waals surface area contributed by atoms with Crippen molar-refractivity contribution >= 4 is 11.5 Å². The first-order valence-electron chi connectivity index (χ1n) is 4.61. The molecule has 1 heterocycles. The number of Topliss-reactive ketones (excluding diaryl/α,β-unsaturated/α-hetero) is 1. The molecule has 7 nitrogen and oxygen atoms in total. The lowest BCUT2D eigenvalue weighted by molar-refractivity contribution is -0.802. The molecule has 2 rings (SSSR count). The number of oxime groups is 1. The molecule has 1 aromatic carbocycles. The smallest absolute Gasteiger partial charge is 0.273 e. The largest absolute Gasteiger partial charge is 0.410 e. The SMILES string of the molecule is O=C(C(=NO)c1c[n+]([O-])on1)c1ccccc1. The lowest BCUT2D eigenvalue weighted by atomic mass is 10.1. The van der Waals surface area contributed by atoms with E-state index in [0.29, 0.717) is 5.56 Å². The van der Waals surface area contributed by atoms with Gasteiger partial charge in [0.05, 0.1) is 0 Å². The standard InChI is InChI=1S/C10H7N3O4/c14-10(7-4-2-1-3-5-7)9(11-15)8-6-13(16)17-12-8/h1-6,15H. The minimum absolute atomic E-state index is 0.0544. The fourth-order valence-corrected chi connectivity index (χ4v) is 1.27. The van der Waals surface area contributed by atoms with Crippen molar-refractivity contribution in [3.8, 4) is 0 Å². The minimum atomic E-state index is -0.554. The Hall–Kier alpha value is -2.70. The van der Waals surface area contributed by atoms with Crippen LogP contribution in [0.25, 0.3) is 0 Å². The Morgan fingerprint density at radius 2 is 2.12 bits per heavy atom. The number of benzene rings is 1. The van der Waals surface area contributed by atoms with Crippen LogP contribution in [0.2, 0.25) is 0 Å². The van der Waals surface area contributed by atoms with Gasteiger partial charge in [0.25, 0.3) is 5.69 Å². The van der Waals surface area contributed by atoms with E-state index >= 15 is 0 Å². The molecular formula is C10H7N3O4. The van der Waals surface area contributed by atoms with Crippen LogP contribution in [-0.4, -0.2) is 21.9 Å². The fraction of sp³-hybridized carbons (Fsp3) is 0. The molecule has 0 amide bonds. The van der Waals surface area contributed by atoms with E-state index in [-0.39, 0.29) is 16.3 Å². The second-order valence-electron chi connectivity index (χ2n) is 3.12. The average molecular weight is 233 g/mol. The van der Waals surface area contributed by atoms with Gasteiger partial charge in [-0.1, -0.05) is 35.5 Å². The van der Waals surface area contributed by atoms with E-state index < -0.39 is 5.78 Å². The normalized spacial score (nSPS) is 11.4. The number of hydrogen-bond acceptors (Lipinski definition) is 6. The molecule has 17 heavy (non-hydrogen) atoms. The first-order valence-corrected chi connectivity index (χ1v) is 4.61. The molecule has 0 aliphatic heterocycles. The lowest BCUT2D eigenvalue weighted by Crippen LogP contribution is -2.22. The van der Waals surface area contributed by atoms with E-state index in [0.717, 1.165) is 6.20 Å². The van der Waals surface area contributed by atoms with Crippen molar-refractivity contribution in [2.45, 2.75) is 0 Å². The summed E-state index contributed by atoms with van der Waals surface area (Å²) in [5, 5.41) is 25.6. The number of carbonyl (C=O) groups is 1. The molecule has 86 valence electrons. The van der Waals surface area contributed by atoms with Gasteiger partial charge in [0, 0.05) is 10.7 Å². The van der Waals surface area contributed by atoms with Gasteiger partial charge in [-0.25, -0.2) is 0 Å². The van der Waals surface area contributed by atoms with Gasteiger partial charge in [0.1, 0.15) is 0 Å². The molecule has 0 spiro atoms. The predicted molar refractivity (Wildman–Crippen MR) is 54.6 cm³/mol. The van der Waals surface area contributed by atoms with E-state index in [1.54, 1.807) is 30.3 Å². The molecule has 2 aromatic rings. The summed E-state index contributed by atoms with van der Waals surface area (Å²) in [5.74, 6) is -0.554. The van der Waals surface area contributed by atoms with E-state index in [1.165, 1.54) is 0 Å². The highest BCUT2D eigenvalue weighted by Gasteiger charge is 2.24. The zero-order valence-corrected chi connectivity index (χ0v) is 8.48. The topological polar surface area (TPSA) is 103 Å². The third-order valence-electron chi connectivity index (χ3n) is 2.04. The summed E-state index contributed by atoms with van der Waals surface area (Å²) < 4.78 is 4.20. The molecule has 0 aliphatic rings. The van der Waals surface area contributed by atoms with Crippen LogP contribution >= 0.6 is 0 Å². The van der Waals surface area contributed by atoms with Crippen LogP contribution in [0.5, 0.6) is 0 Å². The van der Waals surface area contributed by atoms with Crippen molar-refractivity contribution in [1.29, 1.82) is 0 Å². The number of aromatic nitrogens is 2. The van der Waals surface area contributed by atoms with Crippen LogP contribution in [0.1, 0.15) is 16.1 Å². The first-order chi connectivity index (χ1) is 8.22. The molecule has 0 radical (unpaired) electrons. The quantitative estimate of drug-likeness (QED) is 0.271. The maximum atomic E-state index is 11.9. The number of nitrogens with zero attached hydrogens (tertiary/aromatic N) is 3. The summed E-state index contributed by atoms with van der Waals surface area (Å²) in [6.07, 6.45) is 0.899. The Balaban J connectivity index is 2.36. The van der Waals surface area contributed by atoms with Gasteiger partial charge in [-0.05, 0) is 4.90 Å². The van der Waals surface area contributed by atoms with Crippen molar-refractivity contribution in [2.75, 3.05) is 0 Å². The third kappa shape index (κ3) is 2.12. The molecule has 0 saturated heterocycles. The molecule has 7 heteroatoms. The number of carbonyl (C=O) groups excluding carboxylic acids is 1. The number of rotatable bonds is 3. The van der Waals surface area contributed by atoms with Crippen molar-refractivity contribution < 1.29 is 19.5 Å². The van der Waals surface area contributed by atoms with Gasteiger partial charge in [0.15, 0.2) is 6.20 Å². The van der Waals surface area contributed by atoms with Crippen molar-refractivity contribution in [2.24, 2.45) is 5.16 Å². The Morgan fingerprint density at radius 1 is 1.41 bits per heavy atom. The summed E-state index contributed by atoms with van der Waals surface area (Å²) >= 11 is 0. The second kappa shape index (κ2) is 4.44. The summed E-state index contributed by atoms with van der Waals surface area (Å²) in [4.78, 5) is 12.0. The van der Waals surface area contributed by atoms with Gasteiger partial charge in [-0.3, -0.25) is 9.42 Å². The highest BCUT2D eigenvalue weighted by Crippen LogP contribution is 2.05. The van der Waals surface area contributed by atoms with Gasteiger partial charge in [-0.15, -0.1) is 0 Å². The summed E-state index contributed by atoms with van der Waals surface area (Å²) in [6.45, 7) is 0. The molecule has 0 unspecified atom stereocenters. The molecule has 1 N–H and O–H groups in total. The van der Waals surface area contributed by atoms with E-state index in [2.05, 4.69) is 14.9 Å². The Bertz CT molecular complexity index is 562. The van der Waals surface area contributed by atoms with Crippen molar-refractivity contribution in [3.63, 3.8) is 0 Å². The number of hydrogen-bond donors (Lipinski definition) is 1. The highest BCUT2D eigenvalue weighted by atomic mass is 16.8. The maximum absolute atomic E-state index is 11.9. The van der Waals surface area contributed by atoms with Gasteiger partial charge >= 0.3 is 0 Å². The maximum Gasteiger partial charge on any atom is 0.273 e. The predicted octanol–water partition coefficient (Wildman–Crippen LogP) is 0.369. The van der Waals surface area contributed by atoms with Crippen LogP contribution in [0.3, 0.4) is 0 Å². The van der Waals surface area contributed by atoms with Gasteiger partial charge in [-0.2, -0.15) is 0 Å². The van der Waals surface area contributed by atoms with Crippen LogP contribution in [0.4, 0.5) is 0 Å². The van der Waals surface area contributed by atoms with Crippen LogP contribution in [0, 0.1) is 5.21 Å². The fourth-order valence-electron chi connectivity index (χ4n) is 1.27. The Labute approximate surface area is 95.1 Å². The first kappa shape index (κ1) is 10.8. The van der Waals surface area contributed by atoms with Gasteiger partial charge < -0.3 is 10.4 Å². The summed E-state index contributed by atoms with van der Waals surface area (Å²) in [6, 6.07) is 8.18. The molecule has 1 aromatic heterocycles. The summed E-state index contributed by atoms with van der Waals surface area (Å²) in [5.41, 5.74) is -0.161. The van der Waals surface area contributed by atoms with Crippen molar-refractivity contribution in [3.05, 3.63) is 53.0 Å². The molecular weight excluding hydrogens is 226 g/mol. The third-order valence-corrected chi connectivity index (χ3v) is 2.04. The van der Waals surface area contributed by atoms with Crippen LogP contribution < -0.4 is 4.90 Å². The molecule has 0 atom stereocenters. The average Bonchev–Trinajstić information content (AvgIpc) is 2.78.